The minimum atomic E-state index is -0.500. The Balaban J connectivity index is 2.12. The second-order valence-corrected chi connectivity index (χ2v) is 5.29. The fourth-order valence-electron chi connectivity index (χ4n) is 1.62. The van der Waals surface area contributed by atoms with Gasteiger partial charge < -0.3 is 9.47 Å². The number of benzene rings is 2. The summed E-state index contributed by atoms with van der Waals surface area (Å²) in [5, 5.41) is 0. The summed E-state index contributed by atoms with van der Waals surface area (Å²) in [6, 6.07) is 11.5. The maximum Gasteiger partial charge on any atom is 0.337 e. The van der Waals surface area contributed by atoms with E-state index in [0.717, 1.165) is 3.57 Å². The van der Waals surface area contributed by atoms with Gasteiger partial charge in [0.15, 0.2) is 0 Å². The molecule has 0 saturated carbocycles. The van der Waals surface area contributed by atoms with E-state index in [0.29, 0.717) is 16.9 Å². The molecule has 0 heterocycles. The molecular formula is C15H12FIO3. The van der Waals surface area contributed by atoms with Crippen molar-refractivity contribution in [1.82, 2.24) is 0 Å². The molecule has 0 aliphatic heterocycles. The Morgan fingerprint density at radius 3 is 2.55 bits per heavy atom. The van der Waals surface area contributed by atoms with Crippen LogP contribution in [-0.4, -0.2) is 13.1 Å². The first-order chi connectivity index (χ1) is 9.60. The third-order valence-corrected chi connectivity index (χ3v) is 3.39. The summed E-state index contributed by atoms with van der Waals surface area (Å²) in [6.07, 6.45) is 0. The summed E-state index contributed by atoms with van der Waals surface area (Å²) in [5.41, 5.74) is 0.613. The van der Waals surface area contributed by atoms with Gasteiger partial charge in [-0.3, -0.25) is 0 Å². The molecule has 20 heavy (non-hydrogen) atoms. The van der Waals surface area contributed by atoms with E-state index in [1.165, 1.54) is 25.3 Å². The van der Waals surface area contributed by atoms with Crippen molar-refractivity contribution >= 4 is 28.6 Å². The number of halogens is 2. The second-order valence-electron chi connectivity index (χ2n) is 4.04. The second kappa shape index (κ2) is 6.69. The summed E-state index contributed by atoms with van der Waals surface area (Å²) in [6.45, 7) is 0.0528. The van der Waals surface area contributed by atoms with Gasteiger partial charge in [0, 0.05) is 9.13 Å². The van der Waals surface area contributed by atoms with E-state index in [1.54, 1.807) is 0 Å². The van der Waals surface area contributed by atoms with Crippen molar-refractivity contribution in [2.45, 2.75) is 6.61 Å². The number of rotatable bonds is 4. The number of hydrogen-bond donors (Lipinski definition) is 0. The highest BCUT2D eigenvalue weighted by molar-refractivity contribution is 14.1. The Bertz CT molecular complexity index is 611. The van der Waals surface area contributed by atoms with Crippen LogP contribution in [0.2, 0.25) is 0 Å². The number of esters is 1. The highest BCUT2D eigenvalue weighted by atomic mass is 127. The average Bonchev–Trinajstić information content (AvgIpc) is 2.47. The number of methoxy groups -OCH3 is 1. The van der Waals surface area contributed by atoms with Gasteiger partial charge in [0.2, 0.25) is 0 Å². The van der Waals surface area contributed by atoms with Crippen LogP contribution in [0, 0.1) is 9.39 Å². The molecule has 0 bridgehead atoms. The molecule has 0 aromatic heterocycles. The Morgan fingerprint density at radius 1 is 1.20 bits per heavy atom. The van der Waals surface area contributed by atoms with Gasteiger partial charge in [-0.05, 0) is 65.1 Å². The fraction of sp³-hybridized carbons (Fsp3) is 0.133. The zero-order chi connectivity index (χ0) is 14.5. The van der Waals surface area contributed by atoms with Gasteiger partial charge >= 0.3 is 5.97 Å². The van der Waals surface area contributed by atoms with E-state index >= 15 is 0 Å². The topological polar surface area (TPSA) is 35.5 Å². The summed E-state index contributed by atoms with van der Waals surface area (Å²) < 4.78 is 24.9. The molecule has 5 heteroatoms. The zero-order valence-electron chi connectivity index (χ0n) is 10.7. The molecule has 0 fully saturated rings. The third-order valence-electron chi connectivity index (χ3n) is 2.67. The number of carbonyl (C=O) groups excluding carboxylic acids is 1. The molecule has 0 saturated heterocycles. The highest BCUT2D eigenvalue weighted by Gasteiger charge is 2.10. The Labute approximate surface area is 129 Å². The van der Waals surface area contributed by atoms with Crippen LogP contribution in [-0.2, 0) is 11.3 Å². The van der Waals surface area contributed by atoms with Crippen molar-refractivity contribution in [3.05, 3.63) is 63.0 Å². The standard InChI is InChI=1S/C15H12FIO3/c1-19-15(18)10-2-7-14(16)11(8-10)9-20-13-5-3-12(17)4-6-13/h2-8H,9H2,1H3. The van der Waals surface area contributed by atoms with E-state index in [1.807, 2.05) is 24.3 Å². The summed E-state index contributed by atoms with van der Waals surface area (Å²) >= 11 is 2.19. The van der Waals surface area contributed by atoms with Crippen molar-refractivity contribution in [1.29, 1.82) is 0 Å². The lowest BCUT2D eigenvalue weighted by Gasteiger charge is -2.08. The van der Waals surface area contributed by atoms with E-state index in [4.69, 9.17) is 4.74 Å². The van der Waals surface area contributed by atoms with Crippen LogP contribution in [0.3, 0.4) is 0 Å². The Kier molecular flexibility index (Phi) is 4.94. The normalized spacial score (nSPS) is 10.2. The first-order valence-electron chi connectivity index (χ1n) is 5.85. The smallest absolute Gasteiger partial charge is 0.337 e. The lowest BCUT2D eigenvalue weighted by molar-refractivity contribution is 0.0600. The zero-order valence-corrected chi connectivity index (χ0v) is 12.9. The minimum absolute atomic E-state index is 0.0528. The lowest BCUT2D eigenvalue weighted by atomic mass is 10.1. The molecule has 3 nitrogen and oxygen atoms in total. The molecule has 0 unspecified atom stereocenters. The average molecular weight is 386 g/mol. The van der Waals surface area contributed by atoms with Crippen molar-refractivity contribution in [2.75, 3.05) is 7.11 Å². The molecule has 2 aromatic carbocycles. The van der Waals surface area contributed by atoms with Gasteiger partial charge in [-0.1, -0.05) is 0 Å². The summed E-state index contributed by atoms with van der Waals surface area (Å²) in [5.74, 6) is -0.267. The lowest BCUT2D eigenvalue weighted by Crippen LogP contribution is -2.05. The van der Waals surface area contributed by atoms with Crippen LogP contribution in [0.1, 0.15) is 15.9 Å². The fourth-order valence-corrected chi connectivity index (χ4v) is 1.98. The van der Waals surface area contributed by atoms with Crippen molar-refractivity contribution in [3.8, 4) is 5.75 Å². The quantitative estimate of drug-likeness (QED) is 0.593. The molecule has 2 rings (SSSR count). The van der Waals surface area contributed by atoms with Crippen LogP contribution in [0.5, 0.6) is 5.75 Å². The molecule has 0 aliphatic rings. The van der Waals surface area contributed by atoms with Gasteiger partial charge in [-0.15, -0.1) is 0 Å². The monoisotopic (exact) mass is 386 g/mol. The predicted molar refractivity (Wildman–Crippen MR) is 81.2 cm³/mol. The largest absolute Gasteiger partial charge is 0.489 e. The third kappa shape index (κ3) is 3.69. The molecule has 0 radical (unpaired) electrons. The minimum Gasteiger partial charge on any atom is -0.489 e. The Morgan fingerprint density at radius 2 is 1.90 bits per heavy atom. The van der Waals surface area contributed by atoms with Crippen LogP contribution < -0.4 is 4.74 Å². The van der Waals surface area contributed by atoms with Crippen LogP contribution in [0.4, 0.5) is 4.39 Å². The van der Waals surface area contributed by atoms with E-state index < -0.39 is 11.8 Å². The van der Waals surface area contributed by atoms with Crippen LogP contribution >= 0.6 is 22.6 Å². The maximum atomic E-state index is 13.7. The van der Waals surface area contributed by atoms with Gasteiger partial charge in [0.1, 0.15) is 18.2 Å². The van der Waals surface area contributed by atoms with Gasteiger partial charge in [0.05, 0.1) is 12.7 Å². The maximum absolute atomic E-state index is 13.7. The van der Waals surface area contributed by atoms with E-state index in [9.17, 15) is 9.18 Å². The first kappa shape index (κ1) is 14.8. The van der Waals surface area contributed by atoms with Crippen molar-refractivity contribution in [3.63, 3.8) is 0 Å². The number of hydrogen-bond acceptors (Lipinski definition) is 3. The first-order valence-corrected chi connectivity index (χ1v) is 6.93. The SMILES string of the molecule is COC(=O)c1ccc(F)c(COc2ccc(I)cc2)c1. The molecule has 0 aliphatic carbocycles. The molecule has 0 amide bonds. The molecule has 2 aromatic rings. The highest BCUT2D eigenvalue weighted by Crippen LogP contribution is 2.17. The summed E-state index contributed by atoms with van der Waals surface area (Å²) in [7, 11) is 1.29. The number of carbonyl (C=O) groups is 1. The van der Waals surface area contributed by atoms with Gasteiger partial charge in [-0.2, -0.15) is 0 Å². The van der Waals surface area contributed by atoms with Crippen LogP contribution in [0.15, 0.2) is 42.5 Å². The predicted octanol–water partition coefficient (Wildman–Crippen LogP) is 3.80. The molecule has 0 N–H and O–H groups in total. The molecular weight excluding hydrogens is 374 g/mol. The number of ether oxygens (including phenoxy) is 2. The molecule has 0 atom stereocenters. The molecule has 104 valence electrons. The van der Waals surface area contributed by atoms with Crippen molar-refractivity contribution < 1.29 is 18.7 Å². The summed E-state index contributed by atoms with van der Waals surface area (Å²) in [4.78, 5) is 11.4. The van der Waals surface area contributed by atoms with Gasteiger partial charge in [0.25, 0.3) is 0 Å². The van der Waals surface area contributed by atoms with Crippen LogP contribution in [0.25, 0.3) is 0 Å². The van der Waals surface area contributed by atoms with E-state index in [2.05, 4.69) is 27.3 Å². The van der Waals surface area contributed by atoms with E-state index in [-0.39, 0.29) is 6.61 Å². The van der Waals surface area contributed by atoms with Crippen molar-refractivity contribution in [2.24, 2.45) is 0 Å². The van der Waals surface area contributed by atoms with Gasteiger partial charge in [-0.25, -0.2) is 9.18 Å². The molecule has 0 spiro atoms. The Hall–Kier alpha value is -1.63.